The Bertz CT molecular complexity index is 905. The molecule has 0 bridgehead atoms. The predicted octanol–water partition coefficient (Wildman–Crippen LogP) is 2.83. The van der Waals surface area contributed by atoms with Crippen LogP contribution in [0.25, 0.3) is 10.2 Å². The van der Waals surface area contributed by atoms with E-state index >= 15 is 0 Å². The van der Waals surface area contributed by atoms with Crippen molar-refractivity contribution in [1.82, 2.24) is 20.3 Å². The van der Waals surface area contributed by atoms with Crippen molar-refractivity contribution in [3.8, 4) is 0 Å². The minimum atomic E-state index is -0.268. The first-order chi connectivity index (χ1) is 12.1. The molecule has 1 aliphatic rings. The van der Waals surface area contributed by atoms with Gasteiger partial charge in [-0.25, -0.2) is 15.0 Å². The van der Waals surface area contributed by atoms with E-state index in [-0.39, 0.29) is 18.0 Å². The van der Waals surface area contributed by atoms with Crippen LogP contribution in [0.5, 0.6) is 0 Å². The van der Waals surface area contributed by atoms with E-state index < -0.39 is 0 Å². The molecule has 0 radical (unpaired) electrons. The molecular formula is C17H19N5O2S. The molecule has 0 aliphatic carbocycles. The average Bonchev–Trinajstić information content (AvgIpc) is 3.34. The van der Waals surface area contributed by atoms with Crippen LogP contribution in [0, 0.1) is 6.92 Å². The zero-order chi connectivity index (χ0) is 17.4. The zero-order valence-corrected chi connectivity index (χ0v) is 14.9. The van der Waals surface area contributed by atoms with Crippen molar-refractivity contribution in [2.45, 2.75) is 38.8 Å². The average molecular weight is 357 g/mol. The Labute approximate surface area is 149 Å². The first-order valence-electron chi connectivity index (χ1n) is 8.31. The number of nitrogens with one attached hydrogen (secondary N) is 1. The van der Waals surface area contributed by atoms with Crippen molar-refractivity contribution in [3.63, 3.8) is 0 Å². The molecule has 2 atom stereocenters. The highest BCUT2D eigenvalue weighted by Gasteiger charge is 2.33. The molecule has 1 aliphatic heterocycles. The minimum absolute atomic E-state index is 0.0251. The summed E-state index contributed by atoms with van der Waals surface area (Å²) < 4.78 is 5.51. The summed E-state index contributed by atoms with van der Waals surface area (Å²) in [5, 5.41) is 6.02. The lowest BCUT2D eigenvalue weighted by Gasteiger charge is -2.26. The van der Waals surface area contributed by atoms with E-state index in [1.165, 1.54) is 0 Å². The summed E-state index contributed by atoms with van der Waals surface area (Å²) in [6.45, 7) is 4.53. The van der Waals surface area contributed by atoms with E-state index in [9.17, 15) is 4.79 Å². The lowest BCUT2D eigenvalue weighted by molar-refractivity contribution is -0.123. The van der Waals surface area contributed by atoms with Gasteiger partial charge in [-0.05, 0) is 38.1 Å². The number of hydrogen-bond acceptors (Lipinski definition) is 7. The fourth-order valence-corrected chi connectivity index (χ4v) is 3.97. The molecule has 8 heteroatoms. The van der Waals surface area contributed by atoms with Gasteiger partial charge in [-0.2, -0.15) is 0 Å². The van der Waals surface area contributed by atoms with Crippen molar-refractivity contribution in [2.24, 2.45) is 0 Å². The van der Waals surface area contributed by atoms with Crippen LogP contribution in [0.1, 0.15) is 37.5 Å². The van der Waals surface area contributed by atoms with Gasteiger partial charge in [0.15, 0.2) is 0 Å². The van der Waals surface area contributed by atoms with Gasteiger partial charge >= 0.3 is 0 Å². The third-order valence-corrected chi connectivity index (χ3v) is 5.26. The summed E-state index contributed by atoms with van der Waals surface area (Å²) in [6.07, 6.45) is 4.99. The first kappa shape index (κ1) is 16.0. The van der Waals surface area contributed by atoms with Crippen LogP contribution in [0.3, 0.4) is 0 Å². The van der Waals surface area contributed by atoms with Gasteiger partial charge in [-0.15, -0.1) is 11.3 Å². The fourth-order valence-electron chi connectivity index (χ4n) is 3.24. The molecule has 4 heterocycles. The van der Waals surface area contributed by atoms with E-state index in [4.69, 9.17) is 4.42 Å². The third-order valence-electron chi connectivity index (χ3n) is 4.44. The Morgan fingerprint density at radius 1 is 1.44 bits per heavy atom. The van der Waals surface area contributed by atoms with Gasteiger partial charge in [-0.3, -0.25) is 4.79 Å². The number of aromatic nitrogens is 3. The maximum Gasteiger partial charge on any atom is 0.243 e. The number of nitrogens with zero attached hydrogens (tertiary/aromatic N) is 4. The number of oxazole rings is 1. The molecule has 1 N–H and O–H groups in total. The van der Waals surface area contributed by atoms with E-state index in [1.807, 2.05) is 25.3 Å². The lowest BCUT2D eigenvalue weighted by Crippen LogP contribution is -2.44. The Kier molecular flexibility index (Phi) is 4.12. The normalized spacial score (nSPS) is 18.6. The van der Waals surface area contributed by atoms with Crippen molar-refractivity contribution in [1.29, 1.82) is 0 Å². The van der Waals surface area contributed by atoms with Gasteiger partial charge in [-0.1, -0.05) is 0 Å². The third kappa shape index (κ3) is 2.97. The molecule has 130 valence electrons. The molecule has 0 spiro atoms. The topological polar surface area (TPSA) is 84.2 Å². The lowest BCUT2D eigenvalue weighted by atomic mass is 10.2. The van der Waals surface area contributed by atoms with Crippen LogP contribution in [-0.2, 0) is 4.79 Å². The quantitative estimate of drug-likeness (QED) is 0.773. The Hall–Kier alpha value is -2.48. The Balaban J connectivity index is 1.55. The summed E-state index contributed by atoms with van der Waals surface area (Å²) in [4.78, 5) is 28.8. The van der Waals surface area contributed by atoms with Crippen LogP contribution < -0.4 is 10.2 Å². The van der Waals surface area contributed by atoms with Gasteiger partial charge < -0.3 is 14.6 Å². The van der Waals surface area contributed by atoms with E-state index in [0.717, 1.165) is 41.2 Å². The number of aryl methyl sites for hydroxylation is 1. The SMILES string of the molecule is Cc1cnc([C@@H](C)NC(=O)[C@H]2CCCN2c2ncnc3sccc23)o1. The van der Waals surface area contributed by atoms with Crippen molar-refractivity contribution in [2.75, 3.05) is 11.4 Å². The number of carbonyl (C=O) groups excluding carboxylic acids is 1. The molecule has 0 unspecified atom stereocenters. The molecule has 4 rings (SSSR count). The van der Waals surface area contributed by atoms with Gasteiger partial charge in [0.25, 0.3) is 0 Å². The monoisotopic (exact) mass is 357 g/mol. The van der Waals surface area contributed by atoms with Crippen LogP contribution in [0.2, 0.25) is 0 Å². The number of thiophene rings is 1. The highest BCUT2D eigenvalue weighted by atomic mass is 32.1. The first-order valence-corrected chi connectivity index (χ1v) is 9.19. The van der Waals surface area contributed by atoms with Crippen molar-refractivity contribution in [3.05, 3.63) is 35.6 Å². The number of amides is 1. The summed E-state index contributed by atoms with van der Waals surface area (Å²) in [6, 6.07) is 1.51. The molecule has 3 aromatic rings. The molecule has 25 heavy (non-hydrogen) atoms. The second-order valence-electron chi connectivity index (χ2n) is 6.23. The maximum absolute atomic E-state index is 12.8. The van der Waals surface area contributed by atoms with Gasteiger partial charge in [0, 0.05) is 6.54 Å². The standard InChI is InChI=1S/C17H19N5O2S/c1-10-8-18-16(24-10)11(2)21-15(23)13-4-3-6-22(13)14-12-5-7-25-17(12)20-9-19-14/h5,7-9,11,13H,3-4,6H2,1-2H3,(H,21,23)/t11-,13-/m1/s1. The van der Waals surface area contributed by atoms with Gasteiger partial charge in [0.1, 0.15) is 34.8 Å². The minimum Gasteiger partial charge on any atom is -0.444 e. The Morgan fingerprint density at radius 3 is 3.12 bits per heavy atom. The number of fused-ring (bicyclic) bond motifs is 1. The number of anilines is 1. The highest BCUT2D eigenvalue weighted by molar-refractivity contribution is 7.16. The van der Waals surface area contributed by atoms with Crippen LogP contribution in [0.15, 0.2) is 28.4 Å². The second kappa shape index (κ2) is 6.44. The predicted molar refractivity (Wildman–Crippen MR) is 95.6 cm³/mol. The number of carbonyl (C=O) groups is 1. The maximum atomic E-state index is 12.8. The molecule has 1 amide bonds. The van der Waals surface area contributed by atoms with Crippen LogP contribution in [0.4, 0.5) is 5.82 Å². The van der Waals surface area contributed by atoms with E-state index in [0.29, 0.717) is 5.89 Å². The molecule has 7 nitrogen and oxygen atoms in total. The summed E-state index contributed by atoms with van der Waals surface area (Å²) in [5.74, 6) is 2.07. The summed E-state index contributed by atoms with van der Waals surface area (Å²) in [5.41, 5.74) is 0. The van der Waals surface area contributed by atoms with E-state index in [1.54, 1.807) is 23.9 Å². The molecule has 1 fully saturated rings. The summed E-state index contributed by atoms with van der Waals surface area (Å²) >= 11 is 1.58. The van der Waals surface area contributed by atoms with Gasteiger partial charge in [0.05, 0.1) is 11.6 Å². The summed E-state index contributed by atoms with van der Waals surface area (Å²) in [7, 11) is 0. The van der Waals surface area contributed by atoms with Crippen molar-refractivity contribution >= 4 is 33.3 Å². The van der Waals surface area contributed by atoms with Crippen molar-refractivity contribution < 1.29 is 9.21 Å². The smallest absolute Gasteiger partial charge is 0.243 e. The highest BCUT2D eigenvalue weighted by Crippen LogP contribution is 2.32. The molecule has 0 saturated carbocycles. The van der Waals surface area contributed by atoms with E-state index in [2.05, 4.69) is 25.2 Å². The number of hydrogen-bond donors (Lipinski definition) is 1. The zero-order valence-electron chi connectivity index (χ0n) is 14.1. The Morgan fingerprint density at radius 2 is 2.32 bits per heavy atom. The largest absolute Gasteiger partial charge is 0.444 e. The number of rotatable bonds is 4. The van der Waals surface area contributed by atoms with Crippen LogP contribution in [-0.4, -0.2) is 33.4 Å². The van der Waals surface area contributed by atoms with Crippen LogP contribution >= 0.6 is 11.3 Å². The molecular weight excluding hydrogens is 338 g/mol. The molecule has 0 aromatic carbocycles. The van der Waals surface area contributed by atoms with Gasteiger partial charge in [0.2, 0.25) is 11.8 Å². The fraction of sp³-hybridized carbons (Fsp3) is 0.412. The second-order valence-corrected chi connectivity index (χ2v) is 7.12. The molecule has 1 saturated heterocycles. The molecule has 3 aromatic heterocycles.